The predicted octanol–water partition coefficient (Wildman–Crippen LogP) is 2.21. The Morgan fingerprint density at radius 1 is 0.960 bits per heavy atom. The first kappa shape index (κ1) is 16.7. The van der Waals surface area contributed by atoms with Crippen molar-refractivity contribution in [3.63, 3.8) is 0 Å². The van der Waals surface area contributed by atoms with E-state index in [1.54, 1.807) is 42.3 Å². The Balaban J connectivity index is 1.74. The summed E-state index contributed by atoms with van der Waals surface area (Å²) in [6.07, 6.45) is 0.747. The second-order valence-corrected chi connectivity index (χ2v) is 5.87. The van der Waals surface area contributed by atoms with Crippen LogP contribution in [0.1, 0.15) is 33.2 Å². The summed E-state index contributed by atoms with van der Waals surface area (Å²) < 4.78 is 0. The van der Waals surface area contributed by atoms with Crippen LogP contribution in [0.4, 0.5) is 11.4 Å². The minimum Gasteiger partial charge on any atom is -0.355 e. The SMILES string of the molecule is CNC(=O)c1ccc(NC(=O)c2ccc3c(c2)CCN3C(C)=O)cc1. The molecule has 1 aliphatic heterocycles. The lowest BCUT2D eigenvalue weighted by molar-refractivity contribution is -0.116. The average molecular weight is 337 g/mol. The number of rotatable bonds is 3. The molecule has 3 amide bonds. The molecule has 2 aromatic rings. The van der Waals surface area contributed by atoms with Gasteiger partial charge in [0.1, 0.15) is 0 Å². The highest BCUT2D eigenvalue weighted by atomic mass is 16.2. The Kier molecular flexibility index (Phi) is 4.52. The molecular formula is C19H19N3O3. The van der Waals surface area contributed by atoms with Gasteiger partial charge in [0.15, 0.2) is 0 Å². The van der Waals surface area contributed by atoms with E-state index in [9.17, 15) is 14.4 Å². The lowest BCUT2D eigenvalue weighted by Gasteiger charge is -2.14. The average Bonchev–Trinajstić information content (AvgIpc) is 3.05. The summed E-state index contributed by atoms with van der Waals surface area (Å²) in [6, 6.07) is 12.0. The van der Waals surface area contributed by atoms with E-state index in [1.807, 2.05) is 12.1 Å². The van der Waals surface area contributed by atoms with Crippen molar-refractivity contribution in [2.24, 2.45) is 0 Å². The fraction of sp³-hybridized carbons (Fsp3) is 0.211. The molecule has 6 heteroatoms. The van der Waals surface area contributed by atoms with Crippen molar-refractivity contribution in [3.8, 4) is 0 Å². The molecule has 1 heterocycles. The van der Waals surface area contributed by atoms with Gasteiger partial charge < -0.3 is 15.5 Å². The van der Waals surface area contributed by atoms with Crippen LogP contribution in [0.5, 0.6) is 0 Å². The molecule has 25 heavy (non-hydrogen) atoms. The van der Waals surface area contributed by atoms with E-state index in [-0.39, 0.29) is 17.7 Å². The van der Waals surface area contributed by atoms with Gasteiger partial charge in [-0.15, -0.1) is 0 Å². The largest absolute Gasteiger partial charge is 0.355 e. The first-order chi connectivity index (χ1) is 12.0. The summed E-state index contributed by atoms with van der Waals surface area (Å²) in [5.41, 5.74) is 3.56. The second kappa shape index (κ2) is 6.76. The smallest absolute Gasteiger partial charge is 0.255 e. The highest BCUT2D eigenvalue weighted by molar-refractivity contribution is 6.05. The van der Waals surface area contributed by atoms with Gasteiger partial charge in [0.05, 0.1) is 0 Å². The maximum atomic E-state index is 12.4. The number of benzene rings is 2. The highest BCUT2D eigenvalue weighted by Crippen LogP contribution is 2.29. The van der Waals surface area contributed by atoms with Crippen molar-refractivity contribution in [1.29, 1.82) is 0 Å². The van der Waals surface area contributed by atoms with Crippen LogP contribution in [0.15, 0.2) is 42.5 Å². The van der Waals surface area contributed by atoms with Gasteiger partial charge in [-0.2, -0.15) is 0 Å². The summed E-state index contributed by atoms with van der Waals surface area (Å²) in [7, 11) is 1.57. The Hall–Kier alpha value is -3.15. The number of carbonyl (C=O) groups is 3. The third-order valence-corrected chi connectivity index (χ3v) is 4.25. The van der Waals surface area contributed by atoms with Crippen LogP contribution in [0.25, 0.3) is 0 Å². The molecule has 0 unspecified atom stereocenters. The van der Waals surface area contributed by atoms with Crippen LogP contribution in [0.3, 0.4) is 0 Å². The van der Waals surface area contributed by atoms with Gasteiger partial charge >= 0.3 is 0 Å². The zero-order valence-electron chi connectivity index (χ0n) is 14.1. The molecule has 0 saturated heterocycles. The number of nitrogens with zero attached hydrogens (tertiary/aromatic N) is 1. The van der Waals surface area contributed by atoms with Crippen LogP contribution in [-0.2, 0) is 11.2 Å². The van der Waals surface area contributed by atoms with Gasteiger partial charge in [-0.25, -0.2) is 0 Å². The van der Waals surface area contributed by atoms with Crippen LogP contribution in [0, 0.1) is 0 Å². The molecule has 3 rings (SSSR count). The predicted molar refractivity (Wildman–Crippen MR) is 96.0 cm³/mol. The zero-order chi connectivity index (χ0) is 18.0. The molecule has 0 atom stereocenters. The summed E-state index contributed by atoms with van der Waals surface area (Å²) in [5.74, 6) is -0.393. The normalized spacial score (nSPS) is 12.5. The van der Waals surface area contributed by atoms with Crippen molar-refractivity contribution < 1.29 is 14.4 Å². The molecule has 2 N–H and O–H groups in total. The van der Waals surface area contributed by atoms with Gasteiger partial charge in [0, 0.05) is 43.0 Å². The quantitative estimate of drug-likeness (QED) is 0.901. The van der Waals surface area contributed by atoms with Gasteiger partial charge in [0.2, 0.25) is 5.91 Å². The molecule has 0 fully saturated rings. The summed E-state index contributed by atoms with van der Waals surface area (Å²) >= 11 is 0. The summed E-state index contributed by atoms with van der Waals surface area (Å²) in [5, 5.41) is 5.36. The molecule has 6 nitrogen and oxygen atoms in total. The molecule has 0 radical (unpaired) electrons. The van der Waals surface area contributed by atoms with Crippen LogP contribution < -0.4 is 15.5 Å². The molecule has 1 aliphatic rings. The van der Waals surface area contributed by atoms with E-state index in [1.165, 1.54) is 6.92 Å². The fourth-order valence-electron chi connectivity index (χ4n) is 2.92. The van der Waals surface area contributed by atoms with E-state index in [0.717, 1.165) is 17.7 Å². The number of nitrogens with one attached hydrogen (secondary N) is 2. The number of carbonyl (C=O) groups excluding carboxylic acids is 3. The molecule has 0 saturated carbocycles. The minimum atomic E-state index is -0.225. The molecule has 2 aromatic carbocycles. The molecule has 0 aliphatic carbocycles. The lowest BCUT2D eigenvalue weighted by Crippen LogP contribution is -2.25. The van der Waals surface area contributed by atoms with E-state index in [4.69, 9.17) is 0 Å². The van der Waals surface area contributed by atoms with Crippen molar-refractivity contribution >= 4 is 29.1 Å². The van der Waals surface area contributed by atoms with Gasteiger partial charge in [-0.3, -0.25) is 14.4 Å². The summed E-state index contributed by atoms with van der Waals surface area (Å²) in [6.45, 7) is 2.19. The monoisotopic (exact) mass is 337 g/mol. The van der Waals surface area contributed by atoms with Crippen molar-refractivity contribution in [2.75, 3.05) is 23.8 Å². The number of amides is 3. The van der Waals surface area contributed by atoms with Crippen molar-refractivity contribution in [2.45, 2.75) is 13.3 Å². The Bertz CT molecular complexity index is 843. The minimum absolute atomic E-state index is 0.00663. The Morgan fingerprint density at radius 3 is 2.28 bits per heavy atom. The number of anilines is 2. The third-order valence-electron chi connectivity index (χ3n) is 4.25. The van der Waals surface area contributed by atoms with E-state index >= 15 is 0 Å². The molecule has 0 bridgehead atoms. The zero-order valence-corrected chi connectivity index (χ0v) is 14.1. The van der Waals surface area contributed by atoms with Crippen molar-refractivity contribution in [1.82, 2.24) is 5.32 Å². The van der Waals surface area contributed by atoms with Gasteiger partial charge in [0.25, 0.3) is 11.8 Å². The number of hydrogen-bond donors (Lipinski definition) is 2. The highest BCUT2D eigenvalue weighted by Gasteiger charge is 2.23. The Labute approximate surface area is 145 Å². The van der Waals surface area contributed by atoms with E-state index in [0.29, 0.717) is 23.4 Å². The topological polar surface area (TPSA) is 78.5 Å². The van der Waals surface area contributed by atoms with Crippen LogP contribution in [-0.4, -0.2) is 31.3 Å². The van der Waals surface area contributed by atoms with Crippen molar-refractivity contribution in [3.05, 3.63) is 59.2 Å². The maximum absolute atomic E-state index is 12.4. The first-order valence-corrected chi connectivity index (χ1v) is 8.04. The van der Waals surface area contributed by atoms with E-state index in [2.05, 4.69) is 10.6 Å². The lowest BCUT2D eigenvalue weighted by atomic mass is 10.1. The molecule has 0 aromatic heterocycles. The van der Waals surface area contributed by atoms with E-state index < -0.39 is 0 Å². The Morgan fingerprint density at radius 2 is 1.64 bits per heavy atom. The number of hydrogen-bond acceptors (Lipinski definition) is 3. The molecule has 128 valence electrons. The number of fused-ring (bicyclic) bond motifs is 1. The van der Waals surface area contributed by atoms with Gasteiger partial charge in [-0.1, -0.05) is 0 Å². The molecule has 0 spiro atoms. The fourth-order valence-corrected chi connectivity index (χ4v) is 2.92. The molecular weight excluding hydrogens is 318 g/mol. The first-order valence-electron chi connectivity index (χ1n) is 8.04. The van der Waals surface area contributed by atoms with Gasteiger partial charge in [-0.05, 0) is 54.4 Å². The van der Waals surface area contributed by atoms with Crippen LogP contribution >= 0.6 is 0 Å². The van der Waals surface area contributed by atoms with Crippen LogP contribution in [0.2, 0.25) is 0 Å². The standard InChI is InChI=1S/C19H19N3O3/c1-12(23)22-10-9-14-11-15(5-8-17(14)22)19(25)21-16-6-3-13(4-7-16)18(24)20-2/h3-8,11H,9-10H2,1-2H3,(H,20,24)(H,21,25). The maximum Gasteiger partial charge on any atom is 0.255 e. The third kappa shape index (κ3) is 3.38. The summed E-state index contributed by atoms with van der Waals surface area (Å²) in [4.78, 5) is 37.3. The second-order valence-electron chi connectivity index (χ2n) is 5.87.